The monoisotopic (exact) mass is 608 g/mol. The van der Waals surface area contributed by atoms with E-state index in [-0.39, 0.29) is 30.1 Å². The van der Waals surface area contributed by atoms with E-state index in [1.54, 1.807) is 29.8 Å². The van der Waals surface area contributed by atoms with Crippen LogP contribution in [0.4, 0.5) is 4.39 Å². The molecule has 0 aliphatic carbocycles. The lowest BCUT2D eigenvalue weighted by Crippen LogP contribution is -2.43. The van der Waals surface area contributed by atoms with Crippen LogP contribution >= 0.6 is 0 Å². The van der Waals surface area contributed by atoms with Gasteiger partial charge in [0.2, 0.25) is 0 Å². The molecule has 0 saturated heterocycles. The van der Waals surface area contributed by atoms with Gasteiger partial charge in [0.25, 0.3) is 11.8 Å². The van der Waals surface area contributed by atoms with Crippen molar-refractivity contribution in [1.29, 1.82) is 5.26 Å². The fourth-order valence-corrected chi connectivity index (χ4v) is 5.28. The van der Waals surface area contributed by atoms with Gasteiger partial charge in [0.15, 0.2) is 0 Å². The summed E-state index contributed by atoms with van der Waals surface area (Å²) in [6, 6.07) is 34.7. The standard InChI is InChI=1S/C38H29FN4O3/c1-26-34(37(44)42(38(45)35(26)23-40)20-19-27-9-4-2-5-10-27)22-30-24-43(32-12-6-3-7-13-32)41-36(30)29-11-8-14-33(21-29)46-25-28-15-17-31(39)18-16-28/h2-18,21-22,24H,19-20,25H2,1H3/b34-22+. The molecular weight excluding hydrogens is 579 g/mol. The maximum absolute atomic E-state index is 13.9. The number of hydrogen-bond acceptors (Lipinski definition) is 5. The quantitative estimate of drug-likeness (QED) is 0.132. The molecule has 226 valence electrons. The minimum absolute atomic E-state index is 0.0629. The maximum Gasteiger partial charge on any atom is 0.271 e. The Balaban J connectivity index is 1.38. The van der Waals surface area contributed by atoms with Crippen LogP contribution in [-0.2, 0) is 22.6 Å². The van der Waals surface area contributed by atoms with Crippen molar-refractivity contribution in [3.8, 4) is 28.8 Å². The summed E-state index contributed by atoms with van der Waals surface area (Å²) in [4.78, 5) is 28.3. The van der Waals surface area contributed by atoms with Crippen molar-refractivity contribution in [2.45, 2.75) is 20.0 Å². The highest BCUT2D eigenvalue weighted by Crippen LogP contribution is 2.32. The number of imide groups is 1. The fraction of sp³-hybridized carbons (Fsp3) is 0.105. The van der Waals surface area contributed by atoms with Crippen molar-refractivity contribution in [3.05, 3.63) is 155 Å². The summed E-state index contributed by atoms with van der Waals surface area (Å²) < 4.78 is 21.1. The minimum atomic E-state index is -0.593. The second-order valence-electron chi connectivity index (χ2n) is 10.8. The third-order valence-corrected chi connectivity index (χ3v) is 7.78. The molecule has 0 spiro atoms. The Hall–Kier alpha value is -6.07. The van der Waals surface area contributed by atoms with Crippen LogP contribution < -0.4 is 4.74 Å². The molecule has 1 aliphatic heterocycles. The van der Waals surface area contributed by atoms with Crippen LogP contribution in [0.3, 0.4) is 0 Å². The number of carbonyl (C=O) groups excluding carboxylic acids is 2. The molecule has 0 saturated carbocycles. The minimum Gasteiger partial charge on any atom is -0.489 e. The first-order chi connectivity index (χ1) is 22.4. The first-order valence-corrected chi connectivity index (χ1v) is 14.8. The van der Waals surface area contributed by atoms with Crippen LogP contribution in [0, 0.1) is 17.1 Å². The maximum atomic E-state index is 13.9. The van der Waals surface area contributed by atoms with E-state index in [1.807, 2.05) is 97.2 Å². The third kappa shape index (κ3) is 6.40. The molecule has 0 atom stereocenters. The molecule has 6 rings (SSSR count). The number of benzene rings is 4. The van der Waals surface area contributed by atoms with Crippen LogP contribution in [0.25, 0.3) is 23.0 Å². The zero-order valence-corrected chi connectivity index (χ0v) is 25.1. The van der Waals surface area contributed by atoms with Crippen LogP contribution in [0.1, 0.15) is 23.6 Å². The summed E-state index contributed by atoms with van der Waals surface area (Å²) in [6.45, 7) is 2.02. The number of carbonyl (C=O) groups is 2. The normalized spacial score (nSPS) is 14.1. The van der Waals surface area contributed by atoms with Crippen molar-refractivity contribution in [2.24, 2.45) is 0 Å². The summed E-state index contributed by atoms with van der Waals surface area (Å²) in [5, 5.41) is 14.8. The molecule has 46 heavy (non-hydrogen) atoms. The lowest BCUT2D eigenvalue weighted by atomic mass is 9.93. The SMILES string of the molecule is CC1=C(C#N)C(=O)N(CCc2ccccc2)C(=O)/C1=C/c1cn(-c2ccccc2)nc1-c1cccc(OCc2ccc(F)cc2)c1. The number of rotatable bonds is 9. The molecule has 2 heterocycles. The molecule has 1 aliphatic rings. The predicted octanol–water partition coefficient (Wildman–Crippen LogP) is 7.09. The Morgan fingerprint density at radius 1 is 0.870 bits per heavy atom. The molecule has 0 N–H and O–H groups in total. The average Bonchev–Trinajstić information content (AvgIpc) is 3.52. The predicted molar refractivity (Wildman–Crippen MR) is 173 cm³/mol. The summed E-state index contributed by atoms with van der Waals surface area (Å²) >= 11 is 0. The van der Waals surface area contributed by atoms with Crippen molar-refractivity contribution in [3.63, 3.8) is 0 Å². The first-order valence-electron chi connectivity index (χ1n) is 14.8. The molecular formula is C38H29FN4O3. The van der Waals surface area contributed by atoms with E-state index >= 15 is 0 Å². The van der Waals surface area contributed by atoms with Crippen molar-refractivity contribution in [2.75, 3.05) is 6.54 Å². The Morgan fingerprint density at radius 2 is 1.59 bits per heavy atom. The molecule has 1 aromatic heterocycles. The van der Waals surface area contributed by atoms with E-state index in [0.717, 1.165) is 27.3 Å². The Kier molecular flexibility index (Phi) is 8.66. The van der Waals surface area contributed by atoms with E-state index in [4.69, 9.17) is 9.84 Å². The van der Waals surface area contributed by atoms with Gasteiger partial charge in [-0.2, -0.15) is 10.4 Å². The molecule has 8 heteroatoms. The Bertz CT molecular complexity index is 2010. The lowest BCUT2D eigenvalue weighted by molar-refractivity contribution is -0.140. The number of ether oxygens (including phenoxy) is 1. The van der Waals surface area contributed by atoms with Crippen molar-refractivity contribution < 1.29 is 18.7 Å². The van der Waals surface area contributed by atoms with Gasteiger partial charge in [-0.05, 0) is 72.5 Å². The zero-order valence-electron chi connectivity index (χ0n) is 25.1. The largest absolute Gasteiger partial charge is 0.489 e. The van der Waals surface area contributed by atoms with E-state index in [0.29, 0.717) is 29.0 Å². The second kappa shape index (κ2) is 13.3. The zero-order chi connectivity index (χ0) is 32.0. The van der Waals surface area contributed by atoms with Gasteiger partial charge in [-0.25, -0.2) is 9.07 Å². The molecule has 0 fully saturated rings. The van der Waals surface area contributed by atoms with Gasteiger partial charge in [0.05, 0.1) is 5.69 Å². The summed E-state index contributed by atoms with van der Waals surface area (Å²) in [5.41, 5.74) is 5.07. The van der Waals surface area contributed by atoms with Crippen LogP contribution in [-0.4, -0.2) is 33.0 Å². The number of para-hydroxylation sites is 1. The van der Waals surface area contributed by atoms with Gasteiger partial charge in [0.1, 0.15) is 35.5 Å². The summed E-state index contributed by atoms with van der Waals surface area (Å²) in [5.74, 6) is -0.783. The Morgan fingerprint density at radius 3 is 2.30 bits per heavy atom. The number of nitrogens with zero attached hydrogens (tertiary/aromatic N) is 4. The lowest BCUT2D eigenvalue weighted by Gasteiger charge is -2.27. The number of hydrogen-bond donors (Lipinski definition) is 0. The molecule has 7 nitrogen and oxygen atoms in total. The average molecular weight is 609 g/mol. The van der Waals surface area contributed by atoms with E-state index in [1.165, 1.54) is 12.1 Å². The van der Waals surface area contributed by atoms with E-state index < -0.39 is 11.8 Å². The van der Waals surface area contributed by atoms with Gasteiger partial charge in [-0.3, -0.25) is 14.5 Å². The summed E-state index contributed by atoms with van der Waals surface area (Å²) in [7, 11) is 0. The molecule has 4 aromatic carbocycles. The number of nitriles is 1. The first kappa shape index (κ1) is 30.0. The Labute approximate surface area is 266 Å². The van der Waals surface area contributed by atoms with Gasteiger partial charge in [0, 0.05) is 29.4 Å². The molecule has 5 aromatic rings. The van der Waals surface area contributed by atoms with Gasteiger partial charge in [-0.15, -0.1) is 0 Å². The number of halogens is 1. The van der Waals surface area contributed by atoms with Crippen molar-refractivity contribution in [1.82, 2.24) is 14.7 Å². The molecule has 2 amide bonds. The van der Waals surface area contributed by atoms with Gasteiger partial charge >= 0.3 is 0 Å². The molecule has 0 unspecified atom stereocenters. The van der Waals surface area contributed by atoms with Crippen LogP contribution in [0.5, 0.6) is 5.75 Å². The summed E-state index contributed by atoms with van der Waals surface area (Å²) in [6.07, 6.45) is 3.98. The topological polar surface area (TPSA) is 88.2 Å². The fourth-order valence-electron chi connectivity index (χ4n) is 5.28. The molecule has 0 radical (unpaired) electrons. The highest BCUT2D eigenvalue weighted by atomic mass is 19.1. The molecule has 0 bridgehead atoms. The van der Waals surface area contributed by atoms with Gasteiger partial charge < -0.3 is 4.74 Å². The van der Waals surface area contributed by atoms with Crippen LogP contribution in [0.2, 0.25) is 0 Å². The highest BCUT2D eigenvalue weighted by molar-refractivity contribution is 6.19. The van der Waals surface area contributed by atoms with Crippen LogP contribution in [0.15, 0.2) is 132 Å². The second-order valence-corrected chi connectivity index (χ2v) is 10.8. The van der Waals surface area contributed by atoms with E-state index in [2.05, 4.69) is 0 Å². The van der Waals surface area contributed by atoms with Crippen molar-refractivity contribution >= 4 is 17.9 Å². The van der Waals surface area contributed by atoms with Gasteiger partial charge in [-0.1, -0.05) is 72.8 Å². The smallest absolute Gasteiger partial charge is 0.271 e. The number of aromatic nitrogens is 2. The third-order valence-electron chi connectivity index (χ3n) is 7.78. The number of amides is 2. The van der Waals surface area contributed by atoms with E-state index in [9.17, 15) is 19.2 Å². The highest BCUT2D eigenvalue weighted by Gasteiger charge is 2.35.